The fraction of sp³-hybridized carbons (Fsp3) is 0.625. The molecule has 1 fully saturated rings. The van der Waals surface area contributed by atoms with Gasteiger partial charge in [-0.1, -0.05) is 0 Å². The first-order valence-electron chi connectivity index (χ1n) is 7.53. The van der Waals surface area contributed by atoms with E-state index in [1.807, 2.05) is 0 Å². The number of hydrogen-bond donors (Lipinski definition) is 2. The molecule has 1 aromatic rings. The van der Waals surface area contributed by atoms with E-state index in [0.717, 1.165) is 19.3 Å². The van der Waals surface area contributed by atoms with Crippen molar-refractivity contribution in [1.82, 2.24) is 5.32 Å². The van der Waals surface area contributed by atoms with Crippen molar-refractivity contribution in [3.8, 4) is 0 Å². The van der Waals surface area contributed by atoms with Gasteiger partial charge in [0.25, 0.3) is 0 Å². The van der Waals surface area contributed by atoms with Crippen LogP contribution in [0.5, 0.6) is 0 Å². The third kappa shape index (κ3) is 4.56. The van der Waals surface area contributed by atoms with Gasteiger partial charge in [0.1, 0.15) is 0 Å². The summed E-state index contributed by atoms with van der Waals surface area (Å²) < 4.78 is 0. The lowest BCUT2D eigenvalue weighted by atomic mass is 10.1. The molecule has 5 heteroatoms. The number of aliphatic carboxylic acids is 1. The number of rotatable bonds is 6. The lowest BCUT2D eigenvalue weighted by Crippen LogP contribution is -2.33. The fourth-order valence-corrected chi connectivity index (χ4v) is 3.98. The second-order valence-electron chi connectivity index (χ2n) is 5.90. The van der Waals surface area contributed by atoms with Gasteiger partial charge in [0.2, 0.25) is 5.91 Å². The summed E-state index contributed by atoms with van der Waals surface area (Å²) in [5.74, 6) is -0.975. The van der Waals surface area contributed by atoms with Crippen LogP contribution in [0.15, 0.2) is 6.07 Å². The molecule has 21 heavy (non-hydrogen) atoms. The van der Waals surface area contributed by atoms with Gasteiger partial charge < -0.3 is 10.4 Å². The maximum Gasteiger partial charge on any atom is 0.306 e. The summed E-state index contributed by atoms with van der Waals surface area (Å²) in [4.78, 5) is 25.4. The molecule has 0 aromatic carbocycles. The maximum absolute atomic E-state index is 11.9. The highest BCUT2D eigenvalue weighted by atomic mass is 32.1. The SMILES string of the molecule is Cc1cc(CCCC(=O)N[C@@H]2CC[C@H](C(=O)O)C2)c(C)s1. The number of aryl methyl sites for hydroxylation is 3. The van der Waals surface area contributed by atoms with Crippen LogP contribution < -0.4 is 5.32 Å². The minimum absolute atomic E-state index is 0.0451. The molecule has 116 valence electrons. The summed E-state index contributed by atoms with van der Waals surface area (Å²) in [5.41, 5.74) is 1.34. The average Bonchev–Trinajstić information content (AvgIpc) is 2.97. The fourth-order valence-electron chi connectivity index (χ4n) is 3.01. The Balaban J connectivity index is 1.69. The molecule has 2 rings (SSSR count). The maximum atomic E-state index is 11.9. The first kappa shape index (κ1) is 16.0. The zero-order chi connectivity index (χ0) is 15.4. The van der Waals surface area contributed by atoms with Gasteiger partial charge in [0, 0.05) is 22.2 Å². The molecular weight excluding hydrogens is 286 g/mol. The summed E-state index contributed by atoms with van der Waals surface area (Å²) in [6, 6.07) is 2.25. The molecule has 1 amide bonds. The van der Waals surface area contributed by atoms with Crippen molar-refractivity contribution in [2.75, 3.05) is 0 Å². The van der Waals surface area contributed by atoms with Gasteiger partial charge in [-0.15, -0.1) is 11.3 Å². The highest BCUT2D eigenvalue weighted by Gasteiger charge is 2.30. The summed E-state index contributed by atoms with van der Waals surface area (Å²) in [6.07, 6.45) is 4.33. The Labute approximate surface area is 129 Å². The number of carboxylic acids is 1. The van der Waals surface area contributed by atoms with Crippen molar-refractivity contribution < 1.29 is 14.7 Å². The van der Waals surface area contributed by atoms with Crippen LogP contribution in [0.4, 0.5) is 0 Å². The standard InChI is InChI=1S/C16H23NO3S/c1-10-8-12(11(2)21-10)4-3-5-15(18)17-14-7-6-13(9-14)16(19)20/h8,13-14H,3-7,9H2,1-2H3,(H,17,18)(H,19,20)/t13-,14+/m0/s1. The zero-order valence-corrected chi connectivity index (χ0v) is 13.5. The number of carbonyl (C=O) groups excluding carboxylic acids is 1. The Kier molecular flexibility index (Phi) is 5.39. The zero-order valence-electron chi connectivity index (χ0n) is 12.6. The van der Waals surface area contributed by atoms with Crippen molar-refractivity contribution in [3.63, 3.8) is 0 Å². The van der Waals surface area contributed by atoms with Crippen molar-refractivity contribution in [2.45, 2.75) is 58.4 Å². The number of thiophene rings is 1. The third-order valence-electron chi connectivity index (χ3n) is 4.14. The molecule has 1 aliphatic rings. The smallest absolute Gasteiger partial charge is 0.306 e. The number of carboxylic acid groups (broad SMARTS) is 1. The average molecular weight is 309 g/mol. The van der Waals surface area contributed by atoms with Crippen LogP contribution in [0.2, 0.25) is 0 Å². The first-order chi connectivity index (χ1) is 9.95. The molecule has 0 aliphatic heterocycles. The summed E-state index contributed by atoms with van der Waals surface area (Å²) in [6.45, 7) is 4.23. The van der Waals surface area contributed by atoms with E-state index >= 15 is 0 Å². The first-order valence-corrected chi connectivity index (χ1v) is 8.35. The van der Waals surface area contributed by atoms with E-state index in [1.165, 1.54) is 15.3 Å². The van der Waals surface area contributed by atoms with Gasteiger partial charge in [-0.05, 0) is 57.6 Å². The summed E-state index contributed by atoms with van der Waals surface area (Å²) >= 11 is 1.80. The van der Waals surface area contributed by atoms with Crippen LogP contribution in [-0.2, 0) is 16.0 Å². The van der Waals surface area contributed by atoms with Gasteiger partial charge in [-0.25, -0.2) is 0 Å². The van der Waals surface area contributed by atoms with Crippen LogP contribution in [0, 0.1) is 19.8 Å². The molecule has 0 bridgehead atoms. The Morgan fingerprint density at radius 3 is 2.71 bits per heavy atom. The van der Waals surface area contributed by atoms with Gasteiger partial charge in [-0.2, -0.15) is 0 Å². The van der Waals surface area contributed by atoms with Crippen molar-refractivity contribution in [3.05, 3.63) is 21.4 Å². The lowest BCUT2D eigenvalue weighted by molar-refractivity contribution is -0.141. The van der Waals surface area contributed by atoms with E-state index in [0.29, 0.717) is 19.3 Å². The van der Waals surface area contributed by atoms with E-state index in [2.05, 4.69) is 25.2 Å². The molecule has 2 atom stereocenters. The highest BCUT2D eigenvalue weighted by molar-refractivity contribution is 7.12. The number of carbonyl (C=O) groups is 2. The largest absolute Gasteiger partial charge is 0.481 e. The van der Waals surface area contributed by atoms with E-state index < -0.39 is 5.97 Å². The van der Waals surface area contributed by atoms with Crippen LogP contribution in [0.25, 0.3) is 0 Å². The molecule has 2 N–H and O–H groups in total. The number of hydrogen-bond acceptors (Lipinski definition) is 3. The second-order valence-corrected chi connectivity index (χ2v) is 7.37. The van der Waals surface area contributed by atoms with Gasteiger partial charge in [-0.3, -0.25) is 9.59 Å². The van der Waals surface area contributed by atoms with Gasteiger partial charge >= 0.3 is 5.97 Å². The molecule has 1 heterocycles. The highest BCUT2D eigenvalue weighted by Crippen LogP contribution is 2.26. The van der Waals surface area contributed by atoms with Crippen molar-refractivity contribution in [2.24, 2.45) is 5.92 Å². The topological polar surface area (TPSA) is 66.4 Å². The van der Waals surface area contributed by atoms with E-state index in [9.17, 15) is 9.59 Å². The van der Waals surface area contributed by atoms with Crippen molar-refractivity contribution in [1.29, 1.82) is 0 Å². The van der Waals surface area contributed by atoms with Crippen LogP contribution in [0.1, 0.15) is 47.4 Å². The predicted octanol–water partition coefficient (Wildman–Crippen LogP) is 3.06. The normalized spacial score (nSPS) is 21.4. The van der Waals surface area contributed by atoms with Gasteiger partial charge in [0.15, 0.2) is 0 Å². The van der Waals surface area contributed by atoms with Crippen molar-refractivity contribution >= 4 is 23.2 Å². The van der Waals surface area contributed by atoms with Gasteiger partial charge in [0.05, 0.1) is 5.92 Å². The Bertz CT molecular complexity index is 524. The Hall–Kier alpha value is -1.36. The molecule has 0 spiro atoms. The molecule has 0 radical (unpaired) electrons. The molecule has 1 aliphatic carbocycles. The predicted molar refractivity (Wildman–Crippen MR) is 83.6 cm³/mol. The van der Waals surface area contributed by atoms with Crippen LogP contribution >= 0.6 is 11.3 Å². The van der Waals surface area contributed by atoms with Crippen LogP contribution in [-0.4, -0.2) is 23.0 Å². The molecule has 0 saturated heterocycles. The molecule has 1 saturated carbocycles. The third-order valence-corrected chi connectivity index (χ3v) is 5.15. The van der Waals surface area contributed by atoms with E-state index in [-0.39, 0.29) is 17.9 Å². The molecule has 1 aromatic heterocycles. The summed E-state index contributed by atoms with van der Waals surface area (Å²) in [5, 5.41) is 11.9. The number of nitrogens with one attached hydrogen (secondary N) is 1. The lowest BCUT2D eigenvalue weighted by Gasteiger charge is -2.12. The molecule has 4 nitrogen and oxygen atoms in total. The minimum Gasteiger partial charge on any atom is -0.481 e. The van der Waals surface area contributed by atoms with E-state index in [1.54, 1.807) is 11.3 Å². The Morgan fingerprint density at radius 1 is 1.38 bits per heavy atom. The summed E-state index contributed by atoms with van der Waals surface area (Å²) in [7, 11) is 0. The quantitative estimate of drug-likeness (QED) is 0.848. The Morgan fingerprint density at radius 2 is 2.14 bits per heavy atom. The molecule has 0 unspecified atom stereocenters. The van der Waals surface area contributed by atoms with Crippen LogP contribution in [0.3, 0.4) is 0 Å². The minimum atomic E-state index is -0.741. The second kappa shape index (κ2) is 7.07. The monoisotopic (exact) mass is 309 g/mol. The molecular formula is C16H23NO3S. The van der Waals surface area contributed by atoms with E-state index in [4.69, 9.17) is 5.11 Å². The number of amides is 1.